The summed E-state index contributed by atoms with van der Waals surface area (Å²) in [5.74, 6) is 0. The molecule has 0 amide bonds. The van der Waals surface area contributed by atoms with Crippen LogP contribution < -0.4 is 0 Å². The van der Waals surface area contributed by atoms with Gasteiger partial charge in [-0.05, 0) is 30.2 Å². The zero-order valence-electron chi connectivity index (χ0n) is 6.83. The van der Waals surface area contributed by atoms with Gasteiger partial charge in [0.15, 0.2) is 6.16 Å². The van der Waals surface area contributed by atoms with Crippen LogP contribution in [0.1, 0.15) is 32.1 Å². The molecule has 2 nitrogen and oxygen atoms in total. The second kappa shape index (κ2) is 7.90. The third-order valence-corrected chi connectivity index (χ3v) is 2.21. The van der Waals surface area contributed by atoms with Crippen LogP contribution in [-0.4, -0.2) is 11.1 Å². The number of unbranched alkanes of at least 4 members (excludes halogenated alkanes) is 4. The Balaban J connectivity index is 2.90. The quantitative estimate of drug-likeness (QED) is 0.367. The van der Waals surface area contributed by atoms with Crippen LogP contribution >= 0.6 is 8.03 Å². The predicted molar refractivity (Wildman–Crippen MR) is 48.0 cm³/mol. The number of hydrogen-bond acceptors (Lipinski definition) is 1. The van der Waals surface area contributed by atoms with Crippen molar-refractivity contribution < 1.29 is 9.46 Å². The molecule has 0 radical (unpaired) electrons. The topological polar surface area (TPSA) is 37.3 Å². The van der Waals surface area contributed by atoms with Gasteiger partial charge < -0.3 is 0 Å². The molecule has 0 spiro atoms. The van der Waals surface area contributed by atoms with E-state index < -0.39 is 8.03 Å². The molecule has 3 heteroatoms. The maximum atomic E-state index is 10.2. The van der Waals surface area contributed by atoms with Crippen molar-refractivity contribution in [2.24, 2.45) is 0 Å². The molecular formula is C8H16O2P+. The normalized spacial score (nSPS) is 11.2. The van der Waals surface area contributed by atoms with Crippen LogP contribution in [0.2, 0.25) is 0 Å². The van der Waals surface area contributed by atoms with E-state index in [1.807, 2.05) is 6.08 Å². The maximum Gasteiger partial charge on any atom is 0.505 e. The molecule has 0 aliphatic heterocycles. The Morgan fingerprint density at radius 2 is 1.91 bits per heavy atom. The van der Waals surface area contributed by atoms with E-state index in [0.717, 1.165) is 32.1 Å². The minimum atomic E-state index is -1.90. The fourth-order valence-electron chi connectivity index (χ4n) is 0.889. The fraction of sp³-hybridized carbons (Fsp3) is 0.750. The summed E-state index contributed by atoms with van der Waals surface area (Å²) in [5, 5.41) is 0. The lowest BCUT2D eigenvalue weighted by Gasteiger charge is -1.92. The molecule has 1 unspecified atom stereocenters. The predicted octanol–water partition coefficient (Wildman–Crippen LogP) is 2.86. The molecule has 1 atom stereocenters. The summed E-state index contributed by atoms with van der Waals surface area (Å²) in [7, 11) is -1.90. The second-order valence-corrected chi connectivity index (χ2v) is 3.72. The molecule has 1 N–H and O–H groups in total. The zero-order chi connectivity index (χ0) is 8.53. The first kappa shape index (κ1) is 10.8. The van der Waals surface area contributed by atoms with Crippen LogP contribution in [0.4, 0.5) is 0 Å². The van der Waals surface area contributed by atoms with Crippen molar-refractivity contribution in [3.8, 4) is 0 Å². The molecule has 0 aromatic carbocycles. The molecule has 0 aliphatic rings. The van der Waals surface area contributed by atoms with E-state index in [1.165, 1.54) is 0 Å². The lowest BCUT2D eigenvalue weighted by molar-refractivity contribution is 0.499. The molecule has 0 aromatic rings. The first-order valence-electron chi connectivity index (χ1n) is 4.02. The average Bonchev–Trinajstić information content (AvgIpc) is 1.96. The minimum absolute atomic E-state index is 0.462. The highest BCUT2D eigenvalue weighted by atomic mass is 31.1. The smallest absolute Gasteiger partial charge is 0.161 e. The van der Waals surface area contributed by atoms with Crippen LogP contribution in [0, 0.1) is 0 Å². The molecule has 0 heterocycles. The highest BCUT2D eigenvalue weighted by molar-refractivity contribution is 7.37. The Kier molecular flexibility index (Phi) is 7.76. The Labute approximate surface area is 69.2 Å². The van der Waals surface area contributed by atoms with Crippen molar-refractivity contribution in [2.45, 2.75) is 32.1 Å². The third-order valence-electron chi connectivity index (χ3n) is 1.51. The number of allylic oxidation sites excluding steroid dienone is 1. The van der Waals surface area contributed by atoms with Gasteiger partial charge >= 0.3 is 8.03 Å². The van der Waals surface area contributed by atoms with E-state index in [0.29, 0.717) is 6.16 Å². The summed E-state index contributed by atoms with van der Waals surface area (Å²) in [5.41, 5.74) is 0. The maximum absolute atomic E-state index is 10.2. The van der Waals surface area contributed by atoms with Gasteiger partial charge in [0.1, 0.15) is 0 Å². The Morgan fingerprint density at radius 1 is 1.27 bits per heavy atom. The Hall–Kier alpha value is -0.200. The SMILES string of the molecule is C=CCCCCCC[P+](=O)O. The largest absolute Gasteiger partial charge is 0.505 e. The lowest BCUT2D eigenvalue weighted by Crippen LogP contribution is -1.80. The molecular weight excluding hydrogens is 159 g/mol. The van der Waals surface area contributed by atoms with Gasteiger partial charge in [-0.25, -0.2) is 0 Å². The van der Waals surface area contributed by atoms with Crippen molar-refractivity contribution in [3.63, 3.8) is 0 Å². The van der Waals surface area contributed by atoms with E-state index in [1.54, 1.807) is 0 Å². The molecule has 64 valence electrons. The highest BCUT2D eigenvalue weighted by Crippen LogP contribution is 2.16. The monoisotopic (exact) mass is 175 g/mol. The van der Waals surface area contributed by atoms with Gasteiger partial charge in [-0.1, -0.05) is 12.5 Å². The summed E-state index contributed by atoms with van der Waals surface area (Å²) >= 11 is 0. The molecule has 0 aliphatic carbocycles. The van der Waals surface area contributed by atoms with E-state index in [9.17, 15) is 4.57 Å². The molecule has 0 bridgehead atoms. The van der Waals surface area contributed by atoms with Gasteiger partial charge in [0, 0.05) is 0 Å². The van der Waals surface area contributed by atoms with E-state index in [-0.39, 0.29) is 0 Å². The minimum Gasteiger partial charge on any atom is -0.161 e. The Morgan fingerprint density at radius 3 is 2.45 bits per heavy atom. The standard InChI is InChI=1S/C8H15O2P/c1-2-3-4-5-6-7-8-11(9)10/h2H,1,3-8H2/p+1. The number of rotatable bonds is 7. The van der Waals surface area contributed by atoms with Gasteiger partial charge in [0.25, 0.3) is 0 Å². The van der Waals surface area contributed by atoms with Crippen LogP contribution in [-0.2, 0) is 4.57 Å². The van der Waals surface area contributed by atoms with Crippen molar-refractivity contribution >= 4 is 8.03 Å². The molecule has 0 rings (SSSR count). The molecule has 0 fully saturated rings. The van der Waals surface area contributed by atoms with E-state index in [4.69, 9.17) is 4.89 Å². The summed E-state index contributed by atoms with van der Waals surface area (Å²) in [6.07, 6.45) is 7.68. The second-order valence-electron chi connectivity index (χ2n) is 2.57. The summed E-state index contributed by atoms with van der Waals surface area (Å²) in [6, 6.07) is 0. The van der Waals surface area contributed by atoms with Gasteiger partial charge in [-0.3, -0.25) is 0 Å². The lowest BCUT2D eigenvalue weighted by atomic mass is 10.2. The van der Waals surface area contributed by atoms with Crippen LogP contribution in [0.3, 0.4) is 0 Å². The summed E-state index contributed by atoms with van der Waals surface area (Å²) in [4.78, 5) is 8.45. The van der Waals surface area contributed by atoms with Crippen molar-refractivity contribution in [3.05, 3.63) is 12.7 Å². The highest BCUT2D eigenvalue weighted by Gasteiger charge is 2.07. The summed E-state index contributed by atoms with van der Waals surface area (Å²) < 4.78 is 10.2. The first-order chi connectivity index (χ1) is 5.27. The number of hydrogen-bond donors (Lipinski definition) is 1. The third kappa shape index (κ3) is 9.80. The van der Waals surface area contributed by atoms with E-state index in [2.05, 4.69) is 6.58 Å². The van der Waals surface area contributed by atoms with Crippen LogP contribution in [0.5, 0.6) is 0 Å². The fourth-order valence-corrected chi connectivity index (χ4v) is 1.38. The van der Waals surface area contributed by atoms with Gasteiger partial charge in [0.05, 0.1) is 0 Å². The average molecular weight is 175 g/mol. The molecule has 11 heavy (non-hydrogen) atoms. The van der Waals surface area contributed by atoms with Gasteiger partial charge in [-0.2, -0.15) is 4.89 Å². The molecule has 0 saturated carbocycles. The first-order valence-corrected chi connectivity index (χ1v) is 5.41. The summed E-state index contributed by atoms with van der Waals surface area (Å²) in [6.45, 7) is 3.62. The van der Waals surface area contributed by atoms with Crippen molar-refractivity contribution in [1.82, 2.24) is 0 Å². The van der Waals surface area contributed by atoms with Crippen LogP contribution in [0.25, 0.3) is 0 Å². The zero-order valence-corrected chi connectivity index (χ0v) is 7.72. The van der Waals surface area contributed by atoms with Crippen molar-refractivity contribution in [2.75, 3.05) is 6.16 Å². The van der Waals surface area contributed by atoms with Gasteiger partial charge in [-0.15, -0.1) is 6.58 Å². The Bertz CT molecular complexity index is 123. The van der Waals surface area contributed by atoms with Gasteiger partial charge in [0.2, 0.25) is 0 Å². The van der Waals surface area contributed by atoms with Crippen molar-refractivity contribution in [1.29, 1.82) is 0 Å². The van der Waals surface area contributed by atoms with Crippen LogP contribution in [0.15, 0.2) is 12.7 Å². The molecule has 0 saturated heterocycles. The molecule has 0 aromatic heterocycles. The van der Waals surface area contributed by atoms with E-state index >= 15 is 0 Å².